The number of rotatable bonds is 3. The lowest BCUT2D eigenvalue weighted by atomic mass is 10.4. The van der Waals surface area contributed by atoms with E-state index in [1.807, 2.05) is 0 Å². The third-order valence-corrected chi connectivity index (χ3v) is 6.63. The van der Waals surface area contributed by atoms with Crippen LogP contribution < -0.4 is 11.5 Å². The molecule has 2 rings (SSSR count). The molecule has 0 amide bonds. The molecule has 0 spiro atoms. The van der Waals surface area contributed by atoms with Crippen LogP contribution in [-0.2, 0) is 20.2 Å². The summed E-state index contributed by atoms with van der Waals surface area (Å²) in [5, 5.41) is 3.06. The van der Waals surface area contributed by atoms with Crippen LogP contribution in [0.25, 0.3) is 0 Å². The molecule has 6 N–H and O–H groups in total. The fourth-order valence-corrected chi connectivity index (χ4v) is 5.37. The van der Waals surface area contributed by atoms with Crippen LogP contribution in [0.5, 0.6) is 0 Å². The van der Waals surface area contributed by atoms with Gasteiger partial charge >= 0.3 is 0 Å². The normalized spacial score (nSPS) is 17.5. The summed E-state index contributed by atoms with van der Waals surface area (Å²) in [6.07, 6.45) is 0. The van der Waals surface area contributed by atoms with Crippen LogP contribution >= 0.6 is 10.9 Å². The van der Waals surface area contributed by atoms with E-state index in [1.54, 1.807) is 0 Å². The van der Waals surface area contributed by atoms with Gasteiger partial charge in [0.1, 0.15) is 4.90 Å². The Labute approximate surface area is 124 Å². The molecule has 0 radical (unpaired) electrons. The zero-order chi connectivity index (χ0) is 16.0. The fourth-order valence-electron chi connectivity index (χ4n) is 1.70. The number of hydrogen-bond acceptors (Lipinski definition) is 6. The highest BCUT2D eigenvalue weighted by atomic mass is 32.2. The summed E-state index contributed by atoms with van der Waals surface area (Å²) in [6.45, 7) is 0. The largest absolute Gasteiger partial charge is 0.397 e. The molecule has 1 aromatic carbocycles. The SMILES string of the molecule is NC1=C[SH](c2ccc(S(=O)(=O)O)cc2S(=O)(=O)O)C=C1N. The summed E-state index contributed by atoms with van der Waals surface area (Å²) in [6, 6.07) is 2.92. The fraction of sp³-hybridized carbons (Fsp3) is 0. The second-order valence-corrected chi connectivity index (χ2v) is 8.78. The Bertz CT molecular complexity index is 852. The van der Waals surface area contributed by atoms with Gasteiger partial charge in [0.15, 0.2) is 0 Å². The molecule has 8 nitrogen and oxygen atoms in total. The molecule has 0 unspecified atom stereocenters. The summed E-state index contributed by atoms with van der Waals surface area (Å²) < 4.78 is 63.2. The van der Waals surface area contributed by atoms with Crippen LogP contribution in [0.4, 0.5) is 0 Å². The van der Waals surface area contributed by atoms with E-state index in [9.17, 15) is 21.4 Å². The van der Waals surface area contributed by atoms with Crippen LogP contribution in [-0.4, -0.2) is 25.9 Å². The van der Waals surface area contributed by atoms with E-state index in [4.69, 9.17) is 16.0 Å². The molecule has 0 bridgehead atoms. The van der Waals surface area contributed by atoms with E-state index in [0.717, 1.165) is 6.07 Å². The molecule has 0 fully saturated rings. The van der Waals surface area contributed by atoms with Crippen molar-refractivity contribution in [3.63, 3.8) is 0 Å². The third-order valence-electron chi connectivity index (χ3n) is 2.67. The molecule has 1 aliphatic heterocycles. The third kappa shape index (κ3) is 3.22. The second kappa shape index (κ2) is 5.03. The number of hydrogen-bond donors (Lipinski definition) is 5. The van der Waals surface area contributed by atoms with Crippen LogP contribution in [0.2, 0.25) is 0 Å². The van der Waals surface area contributed by atoms with Gasteiger partial charge in [0, 0.05) is 4.90 Å². The lowest BCUT2D eigenvalue weighted by molar-refractivity contribution is 0.479. The molecule has 0 atom stereocenters. The topological polar surface area (TPSA) is 161 Å². The maximum absolute atomic E-state index is 11.4. The first kappa shape index (κ1) is 15.9. The molecule has 0 saturated heterocycles. The highest BCUT2D eigenvalue weighted by Gasteiger charge is 2.24. The van der Waals surface area contributed by atoms with Crippen molar-refractivity contribution in [3.8, 4) is 0 Å². The number of thiol groups is 1. The minimum atomic E-state index is -4.69. The molecule has 1 aliphatic rings. The molecule has 0 aromatic heterocycles. The Hall–Kier alpha value is -1.53. The van der Waals surface area contributed by atoms with Crippen molar-refractivity contribution in [2.45, 2.75) is 14.7 Å². The van der Waals surface area contributed by atoms with E-state index in [1.165, 1.54) is 16.9 Å². The zero-order valence-corrected chi connectivity index (χ0v) is 12.9. The van der Waals surface area contributed by atoms with Gasteiger partial charge in [-0.1, -0.05) is 0 Å². The van der Waals surface area contributed by atoms with Crippen LogP contribution in [0.15, 0.2) is 55.1 Å². The Morgan fingerprint density at radius 2 is 1.43 bits per heavy atom. The first-order chi connectivity index (χ1) is 9.50. The van der Waals surface area contributed by atoms with Gasteiger partial charge in [-0.15, -0.1) is 0 Å². The van der Waals surface area contributed by atoms with E-state index in [2.05, 4.69) is 0 Å². The van der Waals surface area contributed by atoms with Crippen molar-refractivity contribution in [1.29, 1.82) is 0 Å². The van der Waals surface area contributed by atoms with Crippen LogP contribution in [0.3, 0.4) is 0 Å². The Morgan fingerprint density at radius 1 is 0.905 bits per heavy atom. The van der Waals surface area contributed by atoms with Crippen LogP contribution in [0, 0.1) is 0 Å². The van der Waals surface area contributed by atoms with Gasteiger partial charge in [-0.3, -0.25) is 9.11 Å². The van der Waals surface area contributed by atoms with Gasteiger partial charge in [-0.2, -0.15) is 27.7 Å². The Morgan fingerprint density at radius 3 is 1.86 bits per heavy atom. The van der Waals surface area contributed by atoms with Crippen LogP contribution in [0.1, 0.15) is 0 Å². The summed E-state index contributed by atoms with van der Waals surface area (Å²) in [7, 11) is -10.6. The molecule has 0 saturated carbocycles. The molecule has 0 aliphatic carbocycles. The maximum atomic E-state index is 11.4. The molecule has 116 valence electrons. The van der Waals surface area contributed by atoms with Gasteiger partial charge in [0.05, 0.1) is 16.3 Å². The van der Waals surface area contributed by atoms with Crippen molar-refractivity contribution in [1.82, 2.24) is 0 Å². The van der Waals surface area contributed by atoms with E-state index in [-0.39, 0.29) is 16.3 Å². The average Bonchev–Trinajstić information content (AvgIpc) is 2.66. The highest BCUT2D eigenvalue weighted by molar-refractivity contribution is 8.22. The quantitative estimate of drug-likeness (QED) is 0.379. The van der Waals surface area contributed by atoms with Gasteiger partial charge < -0.3 is 11.5 Å². The van der Waals surface area contributed by atoms with Crippen molar-refractivity contribution < 1.29 is 25.9 Å². The lowest BCUT2D eigenvalue weighted by Crippen LogP contribution is -2.05. The number of benzene rings is 1. The van der Waals surface area contributed by atoms with E-state index >= 15 is 0 Å². The summed E-state index contributed by atoms with van der Waals surface area (Å²) in [5.41, 5.74) is 11.8. The second-order valence-electron chi connectivity index (χ2n) is 4.16. The van der Waals surface area contributed by atoms with Gasteiger partial charge in [0.25, 0.3) is 20.2 Å². The number of nitrogens with two attached hydrogens (primary N) is 2. The van der Waals surface area contributed by atoms with Gasteiger partial charge in [0.2, 0.25) is 0 Å². The van der Waals surface area contributed by atoms with E-state index in [0.29, 0.717) is 6.07 Å². The van der Waals surface area contributed by atoms with E-state index < -0.39 is 40.9 Å². The lowest BCUT2D eigenvalue weighted by Gasteiger charge is -2.14. The predicted molar refractivity (Wildman–Crippen MR) is 77.9 cm³/mol. The monoisotopic (exact) mass is 352 g/mol. The van der Waals surface area contributed by atoms with Crippen molar-refractivity contribution in [2.75, 3.05) is 0 Å². The average molecular weight is 352 g/mol. The van der Waals surface area contributed by atoms with Crippen molar-refractivity contribution in [2.24, 2.45) is 11.5 Å². The standard InChI is InChI=1S/C10H12N2O6S3/c11-7-4-19(5-8(7)12)9-2-1-6(20(13,14)15)3-10(9)21(16,17)18/h1-5,19H,11-12H2,(H,13,14,15)(H,16,17,18). The minimum Gasteiger partial charge on any atom is -0.397 e. The summed E-state index contributed by atoms with van der Waals surface area (Å²) in [5.74, 6) is 0. The Kier molecular flexibility index (Phi) is 3.80. The summed E-state index contributed by atoms with van der Waals surface area (Å²) in [4.78, 5) is -1.09. The van der Waals surface area contributed by atoms with Gasteiger partial charge in [-0.05, 0) is 29.0 Å². The van der Waals surface area contributed by atoms with Gasteiger partial charge in [-0.25, -0.2) is 0 Å². The molecular weight excluding hydrogens is 340 g/mol. The highest BCUT2D eigenvalue weighted by Crippen LogP contribution is 2.47. The molecule has 11 heteroatoms. The summed E-state index contributed by atoms with van der Waals surface area (Å²) >= 11 is 0. The minimum absolute atomic E-state index is 0.156. The zero-order valence-electron chi connectivity index (χ0n) is 10.3. The first-order valence-electron chi connectivity index (χ1n) is 5.32. The predicted octanol–water partition coefficient (Wildman–Crippen LogP) is 0.154. The molecular formula is C10H12N2O6S3. The maximum Gasteiger partial charge on any atom is 0.295 e. The van der Waals surface area contributed by atoms with Crippen molar-refractivity contribution >= 4 is 31.1 Å². The molecule has 1 heterocycles. The smallest absolute Gasteiger partial charge is 0.295 e. The Balaban J connectivity index is 2.69. The first-order valence-corrected chi connectivity index (χ1v) is 9.68. The molecule has 1 aromatic rings. The van der Waals surface area contributed by atoms with Crippen molar-refractivity contribution in [3.05, 3.63) is 40.4 Å². The molecule has 21 heavy (non-hydrogen) atoms.